The molecule has 2 aromatic rings. The number of methoxy groups -OCH3 is 3. The third-order valence-corrected chi connectivity index (χ3v) is 6.01. The largest absolute Gasteiger partial charge is 0.493 e. The molecule has 162 valence electrons. The van der Waals surface area contributed by atoms with E-state index in [1.54, 1.807) is 45.6 Å². The van der Waals surface area contributed by atoms with Crippen molar-refractivity contribution in [1.82, 2.24) is 0 Å². The Labute approximate surface area is 180 Å². The molecule has 5 rings (SSSR count). The first-order chi connectivity index (χ1) is 15.1. The number of carbonyl (C=O) groups excluding carboxylic acids is 1. The molecule has 0 saturated carbocycles. The van der Waals surface area contributed by atoms with Gasteiger partial charge in [0, 0.05) is 17.0 Å². The molecule has 0 aliphatic carbocycles. The minimum atomic E-state index is -0.220. The molecule has 2 aromatic carbocycles. The fourth-order valence-corrected chi connectivity index (χ4v) is 4.51. The van der Waals surface area contributed by atoms with Crippen molar-refractivity contribution >= 4 is 11.9 Å². The smallest absolute Gasteiger partial charge is 0.231 e. The second kappa shape index (κ2) is 7.81. The van der Waals surface area contributed by atoms with Gasteiger partial charge in [-0.25, -0.2) is 0 Å². The Balaban J connectivity index is 1.52. The SMILES string of the molecule is COc1ccc(/C=C2\Oc3c(ccc4c3CC3CCCOC3O4)C2=O)c(OC)c1OC. The van der Waals surface area contributed by atoms with Gasteiger partial charge in [-0.05, 0) is 49.6 Å². The van der Waals surface area contributed by atoms with Crippen molar-refractivity contribution in [2.45, 2.75) is 25.6 Å². The van der Waals surface area contributed by atoms with E-state index in [0.29, 0.717) is 34.1 Å². The van der Waals surface area contributed by atoms with Gasteiger partial charge in [0.15, 0.2) is 17.3 Å². The number of fused-ring (bicyclic) bond motifs is 4. The topological polar surface area (TPSA) is 72.5 Å². The summed E-state index contributed by atoms with van der Waals surface area (Å²) in [5.41, 5.74) is 2.13. The molecule has 0 radical (unpaired) electrons. The number of hydrogen-bond acceptors (Lipinski definition) is 7. The van der Waals surface area contributed by atoms with Gasteiger partial charge in [0.2, 0.25) is 17.8 Å². The summed E-state index contributed by atoms with van der Waals surface area (Å²) in [6, 6.07) is 7.16. The van der Waals surface area contributed by atoms with E-state index >= 15 is 0 Å². The monoisotopic (exact) mass is 424 g/mol. The summed E-state index contributed by atoms with van der Waals surface area (Å²) < 4.78 is 34.2. The molecule has 2 atom stereocenters. The molecule has 0 amide bonds. The first-order valence-corrected chi connectivity index (χ1v) is 10.3. The first-order valence-electron chi connectivity index (χ1n) is 10.3. The highest BCUT2D eigenvalue weighted by Gasteiger charge is 2.39. The average molecular weight is 424 g/mol. The van der Waals surface area contributed by atoms with Crippen molar-refractivity contribution in [3.05, 3.63) is 46.7 Å². The first kappa shape index (κ1) is 19.8. The third kappa shape index (κ3) is 3.20. The maximum Gasteiger partial charge on any atom is 0.231 e. The van der Waals surface area contributed by atoms with Gasteiger partial charge in [0.25, 0.3) is 0 Å². The van der Waals surface area contributed by atoms with Crippen molar-refractivity contribution in [2.75, 3.05) is 27.9 Å². The van der Waals surface area contributed by atoms with Crippen molar-refractivity contribution in [3.8, 4) is 28.7 Å². The minimum Gasteiger partial charge on any atom is -0.493 e. The minimum absolute atomic E-state index is 0.170. The molecule has 0 N–H and O–H groups in total. The van der Waals surface area contributed by atoms with Gasteiger partial charge in [-0.2, -0.15) is 0 Å². The summed E-state index contributed by atoms with van der Waals surface area (Å²) in [6.07, 6.45) is 4.27. The Morgan fingerprint density at radius 1 is 1.03 bits per heavy atom. The van der Waals surface area contributed by atoms with Crippen LogP contribution in [0.5, 0.6) is 28.7 Å². The van der Waals surface area contributed by atoms with Crippen molar-refractivity contribution in [1.29, 1.82) is 0 Å². The number of benzene rings is 2. The summed E-state index contributed by atoms with van der Waals surface area (Å²) in [5.74, 6) is 3.10. The fraction of sp³-hybridized carbons (Fsp3) is 0.375. The van der Waals surface area contributed by atoms with Gasteiger partial charge in [0.1, 0.15) is 11.5 Å². The van der Waals surface area contributed by atoms with E-state index in [4.69, 9.17) is 28.4 Å². The van der Waals surface area contributed by atoms with Crippen molar-refractivity contribution < 1.29 is 33.2 Å². The Hall–Kier alpha value is -3.19. The van der Waals surface area contributed by atoms with Gasteiger partial charge in [-0.3, -0.25) is 4.79 Å². The molecule has 3 heterocycles. The summed E-state index contributed by atoms with van der Waals surface area (Å²) >= 11 is 0. The molecule has 2 unspecified atom stereocenters. The number of hydrogen-bond donors (Lipinski definition) is 0. The van der Waals surface area contributed by atoms with Gasteiger partial charge >= 0.3 is 0 Å². The number of carbonyl (C=O) groups is 1. The van der Waals surface area contributed by atoms with Gasteiger partial charge in [-0.1, -0.05) is 0 Å². The zero-order chi connectivity index (χ0) is 21.5. The van der Waals surface area contributed by atoms with Crippen LogP contribution >= 0.6 is 0 Å². The predicted molar refractivity (Wildman–Crippen MR) is 112 cm³/mol. The van der Waals surface area contributed by atoms with E-state index in [-0.39, 0.29) is 23.8 Å². The Morgan fingerprint density at radius 2 is 1.87 bits per heavy atom. The van der Waals surface area contributed by atoms with Crippen LogP contribution in [0.4, 0.5) is 0 Å². The lowest BCUT2D eigenvalue weighted by Crippen LogP contribution is -2.38. The fourth-order valence-electron chi connectivity index (χ4n) is 4.51. The molecule has 7 heteroatoms. The van der Waals surface area contributed by atoms with Crippen LogP contribution in [-0.2, 0) is 11.2 Å². The molecular formula is C24H24O7. The lowest BCUT2D eigenvalue weighted by Gasteiger charge is -2.36. The van der Waals surface area contributed by atoms with Crippen LogP contribution in [0.3, 0.4) is 0 Å². The van der Waals surface area contributed by atoms with E-state index < -0.39 is 0 Å². The number of ether oxygens (including phenoxy) is 6. The molecule has 3 aliphatic heterocycles. The van der Waals surface area contributed by atoms with E-state index in [9.17, 15) is 4.79 Å². The lowest BCUT2D eigenvalue weighted by atomic mass is 9.88. The Morgan fingerprint density at radius 3 is 2.65 bits per heavy atom. The molecule has 1 saturated heterocycles. The molecule has 3 aliphatic rings. The van der Waals surface area contributed by atoms with Gasteiger partial charge in [-0.15, -0.1) is 0 Å². The summed E-state index contributed by atoms with van der Waals surface area (Å²) in [7, 11) is 4.64. The van der Waals surface area contributed by atoms with Gasteiger partial charge < -0.3 is 28.4 Å². The number of allylic oxidation sites excluding steroid dienone is 1. The zero-order valence-electron chi connectivity index (χ0n) is 17.7. The van der Waals surface area contributed by atoms with Crippen LogP contribution in [0.1, 0.15) is 34.3 Å². The lowest BCUT2D eigenvalue weighted by molar-refractivity contribution is -0.149. The van der Waals surface area contributed by atoms with Crippen LogP contribution in [0.25, 0.3) is 6.08 Å². The second-order valence-electron chi connectivity index (χ2n) is 7.75. The predicted octanol–water partition coefficient (Wildman–Crippen LogP) is 4.02. The maximum atomic E-state index is 13.1. The van der Waals surface area contributed by atoms with E-state index in [1.807, 2.05) is 6.07 Å². The Bertz CT molecular complexity index is 1070. The summed E-state index contributed by atoms with van der Waals surface area (Å²) in [4.78, 5) is 13.1. The number of ketones is 1. The van der Waals surface area contributed by atoms with Crippen LogP contribution in [0, 0.1) is 5.92 Å². The normalized spacial score (nSPS) is 22.7. The highest BCUT2D eigenvalue weighted by molar-refractivity contribution is 6.15. The van der Waals surface area contributed by atoms with E-state index in [1.165, 1.54) is 0 Å². The summed E-state index contributed by atoms with van der Waals surface area (Å²) in [5, 5.41) is 0. The highest BCUT2D eigenvalue weighted by Crippen LogP contribution is 2.46. The van der Waals surface area contributed by atoms with Crippen LogP contribution < -0.4 is 23.7 Å². The zero-order valence-corrected chi connectivity index (χ0v) is 17.7. The van der Waals surface area contributed by atoms with Crippen molar-refractivity contribution in [3.63, 3.8) is 0 Å². The molecule has 0 bridgehead atoms. The third-order valence-electron chi connectivity index (χ3n) is 6.01. The molecule has 31 heavy (non-hydrogen) atoms. The van der Waals surface area contributed by atoms with Crippen LogP contribution in [0.15, 0.2) is 30.0 Å². The molecule has 7 nitrogen and oxygen atoms in total. The number of rotatable bonds is 4. The molecule has 1 fully saturated rings. The van der Waals surface area contributed by atoms with E-state index in [0.717, 1.165) is 37.2 Å². The quantitative estimate of drug-likeness (QED) is 0.687. The van der Waals surface area contributed by atoms with Gasteiger partial charge in [0.05, 0.1) is 33.5 Å². The molecule has 0 aromatic heterocycles. The van der Waals surface area contributed by atoms with Crippen molar-refractivity contribution in [2.24, 2.45) is 5.92 Å². The summed E-state index contributed by atoms with van der Waals surface area (Å²) in [6.45, 7) is 0.719. The Kier molecular flexibility index (Phi) is 4.98. The standard InChI is InChI=1S/C24H24O7/c1-26-18-8-6-13(21(27-2)23(18)28-3)12-19-20(25)15-7-9-17-16(22(15)30-19)11-14-5-4-10-29-24(14)31-17/h6-9,12,14,24H,4-5,10-11H2,1-3H3/b19-12-. The molecule has 0 spiro atoms. The van der Waals surface area contributed by atoms with E-state index in [2.05, 4.69) is 0 Å². The highest BCUT2D eigenvalue weighted by atomic mass is 16.7. The molecular weight excluding hydrogens is 400 g/mol. The maximum absolute atomic E-state index is 13.1. The van der Waals surface area contributed by atoms with Crippen LogP contribution in [-0.4, -0.2) is 40.0 Å². The second-order valence-corrected chi connectivity index (χ2v) is 7.75. The average Bonchev–Trinajstić information content (AvgIpc) is 3.12. The number of Topliss-reactive ketones (excluding diaryl/α,β-unsaturated/α-hetero) is 1. The van der Waals surface area contributed by atoms with Crippen LogP contribution in [0.2, 0.25) is 0 Å².